The minimum atomic E-state index is -0.986. The summed E-state index contributed by atoms with van der Waals surface area (Å²) in [5.74, 6) is 0.393. The minimum Gasteiger partial charge on any atom is -0.496 e. The lowest BCUT2D eigenvalue weighted by atomic mass is 10.1. The highest BCUT2D eigenvalue weighted by molar-refractivity contribution is 5.90. The summed E-state index contributed by atoms with van der Waals surface area (Å²) in [5.41, 5.74) is 1.15. The normalized spacial score (nSPS) is 10.4. The van der Waals surface area contributed by atoms with E-state index < -0.39 is 5.97 Å². The van der Waals surface area contributed by atoms with Gasteiger partial charge in [0.05, 0.1) is 7.11 Å². The maximum Gasteiger partial charge on any atom is 0.339 e. The summed E-state index contributed by atoms with van der Waals surface area (Å²) < 4.78 is 7.15. The summed E-state index contributed by atoms with van der Waals surface area (Å²) in [6.45, 7) is 2.70. The molecule has 0 aliphatic carbocycles. The molecule has 0 unspecified atom stereocenters. The summed E-state index contributed by atoms with van der Waals surface area (Å²) in [6, 6.07) is 5.12. The van der Waals surface area contributed by atoms with Crippen LogP contribution in [0.3, 0.4) is 0 Å². The fourth-order valence-corrected chi connectivity index (χ4v) is 2.01. The lowest BCUT2D eigenvalue weighted by molar-refractivity contribution is 0.0693. The van der Waals surface area contributed by atoms with Crippen LogP contribution in [0, 0.1) is 0 Å². The number of nitrogens with zero attached hydrogens (tertiary/aromatic N) is 2. The van der Waals surface area contributed by atoms with Crippen molar-refractivity contribution in [2.75, 3.05) is 7.11 Å². The van der Waals surface area contributed by atoms with Crippen molar-refractivity contribution in [3.8, 4) is 5.75 Å². The highest BCUT2D eigenvalue weighted by Gasteiger charge is 2.11. The molecular weight excluding hydrogens is 244 g/mol. The second-order valence-corrected chi connectivity index (χ2v) is 4.16. The molecule has 5 nitrogen and oxygen atoms in total. The molecule has 0 aliphatic rings. The highest BCUT2D eigenvalue weighted by atomic mass is 16.5. The minimum absolute atomic E-state index is 0.174. The molecule has 0 amide bonds. The van der Waals surface area contributed by atoms with Gasteiger partial charge in [-0.2, -0.15) is 0 Å². The number of carboxylic acids is 1. The zero-order chi connectivity index (χ0) is 13.8. The number of rotatable bonds is 5. The van der Waals surface area contributed by atoms with Gasteiger partial charge in [0.1, 0.15) is 17.1 Å². The summed E-state index contributed by atoms with van der Waals surface area (Å²) in [7, 11) is 1.47. The van der Waals surface area contributed by atoms with Gasteiger partial charge < -0.3 is 14.4 Å². The van der Waals surface area contributed by atoms with E-state index in [2.05, 4.69) is 4.98 Å². The molecule has 1 aromatic carbocycles. The first-order chi connectivity index (χ1) is 9.15. The molecule has 0 aliphatic heterocycles. The number of aromatic nitrogens is 2. The number of imidazole rings is 1. The predicted octanol–water partition coefficient (Wildman–Crippen LogP) is 2.20. The van der Waals surface area contributed by atoms with Crippen LogP contribution in [0.2, 0.25) is 0 Å². The lowest BCUT2D eigenvalue weighted by Crippen LogP contribution is -2.05. The van der Waals surface area contributed by atoms with Gasteiger partial charge in [0.15, 0.2) is 0 Å². The van der Waals surface area contributed by atoms with Crippen LogP contribution in [0.4, 0.5) is 0 Å². The van der Waals surface area contributed by atoms with Gasteiger partial charge in [-0.15, -0.1) is 0 Å². The van der Waals surface area contributed by atoms with Gasteiger partial charge in [-0.25, -0.2) is 9.78 Å². The van der Waals surface area contributed by atoms with E-state index in [1.54, 1.807) is 24.4 Å². The molecule has 100 valence electrons. The van der Waals surface area contributed by atoms with Gasteiger partial charge in [-0.05, 0) is 17.7 Å². The van der Waals surface area contributed by atoms with E-state index in [4.69, 9.17) is 9.84 Å². The molecule has 0 spiro atoms. The molecule has 0 atom stereocenters. The number of hydrogen-bond donors (Lipinski definition) is 1. The number of ether oxygens (including phenoxy) is 1. The van der Waals surface area contributed by atoms with Gasteiger partial charge in [-0.1, -0.05) is 13.0 Å². The zero-order valence-corrected chi connectivity index (χ0v) is 11.0. The number of aryl methyl sites for hydroxylation is 1. The maximum atomic E-state index is 11.0. The predicted molar refractivity (Wildman–Crippen MR) is 70.7 cm³/mol. The second kappa shape index (κ2) is 5.56. The smallest absolute Gasteiger partial charge is 0.339 e. The number of carboxylic acid groups (broad SMARTS) is 1. The molecule has 0 radical (unpaired) electrons. The van der Waals surface area contributed by atoms with Crippen molar-refractivity contribution in [3.05, 3.63) is 47.5 Å². The topological polar surface area (TPSA) is 64.4 Å². The monoisotopic (exact) mass is 260 g/mol. The van der Waals surface area contributed by atoms with Gasteiger partial charge >= 0.3 is 5.97 Å². The molecule has 2 aromatic rings. The largest absolute Gasteiger partial charge is 0.496 e. The average molecular weight is 260 g/mol. The van der Waals surface area contributed by atoms with E-state index in [1.807, 2.05) is 17.7 Å². The Morgan fingerprint density at radius 1 is 1.47 bits per heavy atom. The number of carbonyl (C=O) groups is 1. The fraction of sp³-hybridized carbons (Fsp3) is 0.286. The summed E-state index contributed by atoms with van der Waals surface area (Å²) in [6.07, 6.45) is 4.54. The Kier molecular flexibility index (Phi) is 3.85. The first-order valence-electron chi connectivity index (χ1n) is 6.06. The molecule has 1 aromatic heterocycles. The van der Waals surface area contributed by atoms with Crippen molar-refractivity contribution >= 4 is 5.97 Å². The Labute approximate surface area is 111 Å². The molecule has 1 heterocycles. The van der Waals surface area contributed by atoms with Crippen LogP contribution in [0.1, 0.15) is 28.7 Å². The summed E-state index contributed by atoms with van der Waals surface area (Å²) >= 11 is 0. The van der Waals surface area contributed by atoms with Crippen molar-refractivity contribution in [1.29, 1.82) is 0 Å². The molecule has 0 saturated carbocycles. The Hall–Kier alpha value is -2.30. The van der Waals surface area contributed by atoms with Crippen LogP contribution >= 0.6 is 0 Å². The first-order valence-corrected chi connectivity index (χ1v) is 6.06. The number of hydrogen-bond acceptors (Lipinski definition) is 3. The number of methoxy groups -OCH3 is 1. The zero-order valence-electron chi connectivity index (χ0n) is 11.0. The molecule has 0 saturated heterocycles. The molecule has 19 heavy (non-hydrogen) atoms. The van der Waals surface area contributed by atoms with E-state index in [-0.39, 0.29) is 5.56 Å². The molecule has 0 bridgehead atoms. The van der Waals surface area contributed by atoms with Crippen LogP contribution in [0.15, 0.2) is 30.6 Å². The van der Waals surface area contributed by atoms with Gasteiger partial charge in [0, 0.05) is 25.4 Å². The van der Waals surface area contributed by atoms with E-state index in [1.165, 1.54) is 7.11 Å². The van der Waals surface area contributed by atoms with Crippen molar-refractivity contribution in [2.45, 2.75) is 19.9 Å². The van der Waals surface area contributed by atoms with Crippen LogP contribution < -0.4 is 4.74 Å². The highest BCUT2D eigenvalue weighted by Crippen LogP contribution is 2.21. The third-order valence-corrected chi connectivity index (χ3v) is 2.97. The van der Waals surface area contributed by atoms with Crippen molar-refractivity contribution in [1.82, 2.24) is 9.55 Å². The van der Waals surface area contributed by atoms with E-state index in [0.29, 0.717) is 12.3 Å². The van der Waals surface area contributed by atoms with Crippen molar-refractivity contribution < 1.29 is 14.6 Å². The molecule has 1 N–H and O–H groups in total. The quantitative estimate of drug-likeness (QED) is 0.895. The molecule has 2 rings (SSSR count). The van der Waals surface area contributed by atoms with E-state index >= 15 is 0 Å². The Morgan fingerprint density at radius 3 is 2.89 bits per heavy atom. The van der Waals surface area contributed by atoms with Crippen molar-refractivity contribution in [2.24, 2.45) is 0 Å². The van der Waals surface area contributed by atoms with Crippen molar-refractivity contribution in [3.63, 3.8) is 0 Å². The second-order valence-electron chi connectivity index (χ2n) is 4.16. The Morgan fingerprint density at radius 2 is 2.26 bits per heavy atom. The Bertz CT molecular complexity index is 590. The van der Waals surface area contributed by atoms with Gasteiger partial charge in [0.25, 0.3) is 0 Å². The standard InChI is InChI=1S/C14H16N2O3/c1-3-13-15-6-7-16(13)9-10-4-5-11(14(17)18)12(8-10)19-2/h4-8H,3,9H2,1-2H3,(H,17,18). The first kappa shape index (κ1) is 13.1. The van der Waals surface area contributed by atoms with Crippen LogP contribution in [0.25, 0.3) is 0 Å². The summed E-state index contributed by atoms with van der Waals surface area (Å²) in [4.78, 5) is 15.3. The molecule has 5 heteroatoms. The third-order valence-electron chi connectivity index (χ3n) is 2.97. The van der Waals surface area contributed by atoms with Gasteiger partial charge in [-0.3, -0.25) is 0 Å². The number of aromatic carboxylic acids is 1. The third kappa shape index (κ3) is 2.76. The molecular formula is C14H16N2O3. The van der Waals surface area contributed by atoms with Crippen LogP contribution in [0.5, 0.6) is 5.75 Å². The molecule has 0 fully saturated rings. The average Bonchev–Trinajstić information content (AvgIpc) is 2.85. The fourth-order valence-electron chi connectivity index (χ4n) is 2.01. The van der Waals surface area contributed by atoms with E-state index in [9.17, 15) is 4.79 Å². The maximum absolute atomic E-state index is 11.0. The van der Waals surface area contributed by atoms with Crippen LogP contribution in [-0.2, 0) is 13.0 Å². The number of benzene rings is 1. The van der Waals surface area contributed by atoms with E-state index in [0.717, 1.165) is 17.8 Å². The lowest BCUT2D eigenvalue weighted by Gasteiger charge is -2.10. The van der Waals surface area contributed by atoms with Gasteiger partial charge in [0.2, 0.25) is 0 Å². The SMILES string of the molecule is CCc1nccn1Cc1ccc(C(=O)O)c(OC)c1. The van der Waals surface area contributed by atoms with Crippen LogP contribution in [-0.4, -0.2) is 27.7 Å². The Balaban J connectivity index is 2.29. The summed E-state index contributed by atoms with van der Waals surface area (Å²) in [5, 5.41) is 9.03.